The van der Waals surface area contributed by atoms with E-state index in [1.807, 2.05) is 13.2 Å². The largest absolute Gasteiger partial charge is 0.478 e. The lowest BCUT2D eigenvalue weighted by atomic mass is 10.1. The average Bonchev–Trinajstić information content (AvgIpc) is 2.32. The van der Waals surface area contributed by atoms with Crippen LogP contribution in [0.3, 0.4) is 0 Å². The van der Waals surface area contributed by atoms with Crippen molar-refractivity contribution < 1.29 is 14.7 Å². The second-order valence-electron chi connectivity index (χ2n) is 3.65. The third kappa shape index (κ3) is 3.16. The molecule has 1 aromatic carbocycles. The van der Waals surface area contributed by atoms with Crippen molar-refractivity contribution in [1.29, 1.82) is 0 Å². The summed E-state index contributed by atoms with van der Waals surface area (Å²) in [5.41, 5.74) is 6.78. The highest BCUT2D eigenvalue weighted by Gasteiger charge is 2.16. The molecular weight excluding hydrogens is 252 g/mol. The average molecular weight is 268 g/mol. The molecule has 0 aliphatic carbocycles. The molecule has 0 fully saturated rings. The number of nitrogen functional groups attached to an aromatic ring is 1. The fourth-order valence-corrected chi connectivity index (χ4v) is 2.02. The Kier molecular flexibility index (Phi) is 5.03. The van der Waals surface area contributed by atoms with E-state index >= 15 is 0 Å². The van der Waals surface area contributed by atoms with Gasteiger partial charge >= 0.3 is 5.97 Å². The molecule has 1 aromatic rings. The summed E-state index contributed by atoms with van der Waals surface area (Å²) in [5, 5.41) is 8.85. The number of thioether (sulfide) groups is 1. The van der Waals surface area contributed by atoms with Gasteiger partial charge in [-0.1, -0.05) is 0 Å². The van der Waals surface area contributed by atoms with Crippen LogP contribution in [0.1, 0.15) is 17.3 Å². The van der Waals surface area contributed by atoms with Crippen LogP contribution in [0.4, 0.5) is 11.4 Å². The molecule has 1 rings (SSSR count). The molecule has 0 spiro atoms. The van der Waals surface area contributed by atoms with E-state index in [4.69, 9.17) is 10.8 Å². The first-order chi connectivity index (χ1) is 8.51. The molecule has 1 amide bonds. The van der Waals surface area contributed by atoms with Crippen LogP contribution in [-0.2, 0) is 4.79 Å². The number of amides is 1. The second-order valence-corrected chi connectivity index (χ2v) is 4.52. The van der Waals surface area contributed by atoms with Crippen molar-refractivity contribution >= 4 is 35.0 Å². The van der Waals surface area contributed by atoms with Crippen LogP contribution >= 0.6 is 11.8 Å². The third-order valence-electron chi connectivity index (χ3n) is 2.45. The van der Waals surface area contributed by atoms with Gasteiger partial charge < -0.3 is 15.7 Å². The zero-order chi connectivity index (χ0) is 13.7. The van der Waals surface area contributed by atoms with Crippen molar-refractivity contribution in [1.82, 2.24) is 0 Å². The first kappa shape index (κ1) is 14.4. The van der Waals surface area contributed by atoms with E-state index < -0.39 is 5.97 Å². The monoisotopic (exact) mass is 268 g/mol. The molecule has 0 aliphatic heterocycles. The normalized spacial score (nSPS) is 10.1. The van der Waals surface area contributed by atoms with E-state index in [0.29, 0.717) is 23.7 Å². The van der Waals surface area contributed by atoms with E-state index in [1.54, 1.807) is 11.0 Å². The van der Waals surface area contributed by atoms with Crippen LogP contribution < -0.4 is 10.6 Å². The smallest absolute Gasteiger partial charge is 0.335 e. The SMILES string of the molecule is CCN(C(=O)CSC)c1ccc(C(=O)O)cc1N. The molecule has 0 atom stereocenters. The highest BCUT2D eigenvalue weighted by molar-refractivity contribution is 7.99. The summed E-state index contributed by atoms with van der Waals surface area (Å²) in [6.45, 7) is 2.35. The number of carboxylic acids is 1. The van der Waals surface area contributed by atoms with Crippen molar-refractivity contribution in [2.24, 2.45) is 0 Å². The number of aromatic carboxylic acids is 1. The number of anilines is 2. The minimum absolute atomic E-state index is 0.0419. The van der Waals surface area contributed by atoms with Crippen molar-refractivity contribution in [3.05, 3.63) is 23.8 Å². The Labute approximate surface area is 110 Å². The maximum Gasteiger partial charge on any atom is 0.335 e. The van der Waals surface area contributed by atoms with Gasteiger partial charge in [0, 0.05) is 6.54 Å². The molecule has 0 heterocycles. The highest BCUT2D eigenvalue weighted by atomic mass is 32.2. The zero-order valence-electron chi connectivity index (χ0n) is 10.3. The van der Waals surface area contributed by atoms with Crippen LogP contribution in [0.25, 0.3) is 0 Å². The summed E-state index contributed by atoms with van der Waals surface area (Å²) in [6.07, 6.45) is 1.85. The summed E-state index contributed by atoms with van der Waals surface area (Å²) < 4.78 is 0. The van der Waals surface area contributed by atoms with Gasteiger partial charge in [0.05, 0.1) is 22.7 Å². The number of carboxylic acid groups (broad SMARTS) is 1. The van der Waals surface area contributed by atoms with Gasteiger partial charge in [0.25, 0.3) is 0 Å². The molecular formula is C12H16N2O3S. The van der Waals surface area contributed by atoms with E-state index in [1.165, 1.54) is 23.9 Å². The van der Waals surface area contributed by atoms with Gasteiger partial charge in [-0.2, -0.15) is 11.8 Å². The Morgan fingerprint density at radius 3 is 2.56 bits per heavy atom. The molecule has 0 unspecified atom stereocenters. The van der Waals surface area contributed by atoms with Gasteiger partial charge in [0.2, 0.25) is 5.91 Å². The third-order valence-corrected chi connectivity index (χ3v) is 2.99. The zero-order valence-corrected chi connectivity index (χ0v) is 11.2. The number of hydrogen-bond donors (Lipinski definition) is 2. The Bertz CT molecular complexity index is 463. The van der Waals surface area contributed by atoms with E-state index in [0.717, 1.165) is 0 Å². The number of rotatable bonds is 5. The minimum Gasteiger partial charge on any atom is -0.478 e. The van der Waals surface area contributed by atoms with Crippen LogP contribution in [-0.4, -0.2) is 35.5 Å². The lowest BCUT2D eigenvalue weighted by molar-refractivity contribution is -0.116. The molecule has 3 N–H and O–H groups in total. The predicted octanol–water partition coefficient (Wildman–Crippen LogP) is 1.68. The van der Waals surface area contributed by atoms with E-state index in [-0.39, 0.29) is 11.5 Å². The van der Waals surface area contributed by atoms with Gasteiger partial charge in [0.1, 0.15) is 0 Å². The maximum absolute atomic E-state index is 11.9. The maximum atomic E-state index is 11.9. The van der Waals surface area contributed by atoms with E-state index in [2.05, 4.69) is 0 Å². The molecule has 18 heavy (non-hydrogen) atoms. The Balaban J connectivity index is 3.07. The van der Waals surface area contributed by atoms with Gasteiger partial charge in [-0.25, -0.2) is 4.79 Å². The number of nitrogens with zero attached hydrogens (tertiary/aromatic N) is 1. The minimum atomic E-state index is -1.04. The van der Waals surface area contributed by atoms with Gasteiger partial charge in [-0.3, -0.25) is 4.79 Å². The summed E-state index contributed by atoms with van der Waals surface area (Å²) in [5.74, 6) is -0.708. The van der Waals surface area contributed by atoms with Crippen LogP contribution in [0.2, 0.25) is 0 Å². The summed E-state index contributed by atoms with van der Waals surface area (Å²) in [6, 6.07) is 4.39. The molecule has 0 aliphatic rings. The summed E-state index contributed by atoms with van der Waals surface area (Å²) in [4.78, 5) is 24.2. The van der Waals surface area contributed by atoms with E-state index in [9.17, 15) is 9.59 Å². The van der Waals surface area contributed by atoms with Gasteiger partial charge in [0.15, 0.2) is 0 Å². The van der Waals surface area contributed by atoms with Crippen LogP contribution in [0.5, 0.6) is 0 Å². The molecule has 98 valence electrons. The topological polar surface area (TPSA) is 83.6 Å². The Morgan fingerprint density at radius 2 is 2.11 bits per heavy atom. The van der Waals surface area contributed by atoms with Crippen molar-refractivity contribution in [3.8, 4) is 0 Å². The summed E-state index contributed by atoms with van der Waals surface area (Å²) in [7, 11) is 0. The van der Waals surface area contributed by atoms with Crippen molar-refractivity contribution in [2.45, 2.75) is 6.92 Å². The van der Waals surface area contributed by atoms with Crippen molar-refractivity contribution in [2.75, 3.05) is 29.2 Å². The molecule has 6 heteroatoms. The number of benzene rings is 1. The first-order valence-corrected chi connectivity index (χ1v) is 6.82. The first-order valence-electron chi connectivity index (χ1n) is 5.43. The number of carbonyl (C=O) groups is 2. The fraction of sp³-hybridized carbons (Fsp3) is 0.333. The predicted molar refractivity (Wildman–Crippen MR) is 74.2 cm³/mol. The van der Waals surface area contributed by atoms with Crippen LogP contribution in [0.15, 0.2) is 18.2 Å². The highest BCUT2D eigenvalue weighted by Crippen LogP contribution is 2.25. The Morgan fingerprint density at radius 1 is 1.44 bits per heavy atom. The molecule has 0 radical (unpaired) electrons. The molecule has 0 saturated carbocycles. The molecule has 5 nitrogen and oxygen atoms in total. The number of nitrogens with two attached hydrogens (primary N) is 1. The number of carbonyl (C=O) groups excluding carboxylic acids is 1. The molecule has 0 saturated heterocycles. The summed E-state index contributed by atoms with van der Waals surface area (Å²) >= 11 is 1.44. The fourth-order valence-electron chi connectivity index (χ4n) is 1.62. The van der Waals surface area contributed by atoms with Crippen molar-refractivity contribution in [3.63, 3.8) is 0 Å². The standard InChI is InChI=1S/C12H16N2O3S/c1-3-14(11(15)7-18-2)10-5-4-8(12(16)17)6-9(10)13/h4-6H,3,7,13H2,1-2H3,(H,16,17). The van der Waals surface area contributed by atoms with Gasteiger partial charge in [-0.05, 0) is 31.4 Å². The van der Waals surface area contributed by atoms with Gasteiger partial charge in [-0.15, -0.1) is 0 Å². The molecule has 0 bridgehead atoms. The lowest BCUT2D eigenvalue weighted by Crippen LogP contribution is -2.32. The van der Waals surface area contributed by atoms with Crippen LogP contribution in [0, 0.1) is 0 Å². The Hall–Kier alpha value is -1.69. The number of hydrogen-bond acceptors (Lipinski definition) is 4. The lowest BCUT2D eigenvalue weighted by Gasteiger charge is -2.22. The second kappa shape index (κ2) is 6.30. The molecule has 0 aromatic heterocycles. The quantitative estimate of drug-likeness (QED) is 0.794.